The monoisotopic (exact) mass is 450 g/mol. The third-order valence-electron chi connectivity index (χ3n) is 7.30. The molecule has 7 atom stereocenters. The van der Waals surface area contributed by atoms with E-state index in [2.05, 4.69) is 36.8 Å². The molecular weight excluding hydrogens is 408 g/mol. The van der Waals surface area contributed by atoms with Crippen molar-refractivity contribution in [3.8, 4) is 0 Å². The molecule has 6 nitrogen and oxygen atoms in total. The number of ether oxygens (including phenoxy) is 2. The van der Waals surface area contributed by atoms with Crippen LogP contribution in [-0.4, -0.2) is 47.6 Å². The minimum atomic E-state index is -0.919. The maximum absolute atomic E-state index is 12.9. The topological polar surface area (TPSA) is 93.1 Å². The summed E-state index contributed by atoms with van der Waals surface area (Å²) in [6.45, 7) is 10.2. The number of carbonyl (C=O) groups excluding carboxylic acids is 2. The smallest absolute Gasteiger partial charge is 0.311 e. The van der Waals surface area contributed by atoms with E-state index in [0.717, 1.165) is 19.3 Å². The fourth-order valence-electron chi connectivity index (χ4n) is 4.84. The predicted molar refractivity (Wildman–Crippen MR) is 124 cm³/mol. The van der Waals surface area contributed by atoms with Crippen LogP contribution in [0, 0.1) is 29.1 Å². The van der Waals surface area contributed by atoms with Crippen LogP contribution in [0.4, 0.5) is 0 Å². The van der Waals surface area contributed by atoms with E-state index >= 15 is 0 Å². The second-order valence-electron chi connectivity index (χ2n) is 10.4. The van der Waals surface area contributed by atoms with Gasteiger partial charge in [-0.2, -0.15) is 0 Å². The number of aliphatic hydroxyl groups is 2. The molecule has 2 rings (SSSR count). The Morgan fingerprint density at radius 3 is 2.53 bits per heavy atom. The van der Waals surface area contributed by atoms with Crippen LogP contribution in [0.1, 0.15) is 73.1 Å². The van der Waals surface area contributed by atoms with Gasteiger partial charge in [0.05, 0.1) is 31.2 Å². The van der Waals surface area contributed by atoms with Crippen LogP contribution in [0.2, 0.25) is 0 Å². The Morgan fingerprint density at radius 1 is 1.22 bits per heavy atom. The average molecular weight is 451 g/mol. The molecule has 0 spiro atoms. The molecule has 0 aromatic carbocycles. The van der Waals surface area contributed by atoms with Crippen LogP contribution in [-0.2, 0) is 19.1 Å². The van der Waals surface area contributed by atoms with Gasteiger partial charge in [0, 0.05) is 5.92 Å². The van der Waals surface area contributed by atoms with E-state index in [9.17, 15) is 19.8 Å². The highest BCUT2D eigenvalue weighted by atomic mass is 16.5. The summed E-state index contributed by atoms with van der Waals surface area (Å²) in [5.74, 6) is 0.329. The standard InChI is InChI=1S/C26H42O6/c1-7-26(4,5)25(30)32-22-13-16(2)12-18-9-8-17(3)21(24(18)22)11-10-19(27)14-20(28)15-23(29)31-6/h8-9,12,16-17,19-22,24,27-28H,7,10-11,13-15H2,1-6H3/t16-,17-,19+,20+,21-,22-,24-/m1/s1. The Hall–Kier alpha value is -1.66. The van der Waals surface area contributed by atoms with E-state index in [1.165, 1.54) is 12.7 Å². The molecule has 0 aliphatic heterocycles. The summed E-state index contributed by atoms with van der Waals surface area (Å²) in [6, 6.07) is 0. The summed E-state index contributed by atoms with van der Waals surface area (Å²) in [7, 11) is 1.28. The number of hydrogen-bond acceptors (Lipinski definition) is 6. The largest absolute Gasteiger partial charge is 0.469 e. The molecule has 0 bridgehead atoms. The lowest BCUT2D eigenvalue weighted by Crippen LogP contribution is -2.43. The van der Waals surface area contributed by atoms with Crippen LogP contribution in [0.5, 0.6) is 0 Å². The van der Waals surface area contributed by atoms with Crippen molar-refractivity contribution in [1.29, 1.82) is 0 Å². The summed E-state index contributed by atoms with van der Waals surface area (Å²) in [5.41, 5.74) is 0.710. The highest BCUT2D eigenvalue weighted by Crippen LogP contribution is 2.45. The first kappa shape index (κ1) is 26.6. The number of allylic oxidation sites excluding steroid dienone is 3. The lowest BCUT2D eigenvalue weighted by Gasteiger charge is -2.44. The van der Waals surface area contributed by atoms with Gasteiger partial charge in [0.1, 0.15) is 6.10 Å². The van der Waals surface area contributed by atoms with E-state index in [0.29, 0.717) is 12.3 Å². The maximum atomic E-state index is 12.9. The zero-order valence-electron chi connectivity index (χ0n) is 20.5. The molecule has 0 heterocycles. The summed E-state index contributed by atoms with van der Waals surface area (Å²) in [5, 5.41) is 20.5. The molecule has 0 aromatic heterocycles. The van der Waals surface area contributed by atoms with Crippen LogP contribution < -0.4 is 0 Å². The Bertz CT molecular complexity index is 709. The van der Waals surface area contributed by atoms with Gasteiger partial charge in [-0.05, 0) is 69.3 Å². The first-order chi connectivity index (χ1) is 15.0. The maximum Gasteiger partial charge on any atom is 0.311 e. The molecule has 0 saturated heterocycles. The van der Waals surface area contributed by atoms with Crippen molar-refractivity contribution in [2.75, 3.05) is 7.11 Å². The third kappa shape index (κ3) is 6.92. The molecule has 32 heavy (non-hydrogen) atoms. The summed E-state index contributed by atoms with van der Waals surface area (Å²) in [6.07, 6.45) is 7.67. The second-order valence-corrected chi connectivity index (χ2v) is 10.4. The van der Waals surface area contributed by atoms with Crippen molar-refractivity contribution in [2.45, 2.75) is 91.5 Å². The van der Waals surface area contributed by atoms with Crippen molar-refractivity contribution in [3.05, 3.63) is 23.8 Å². The zero-order valence-corrected chi connectivity index (χ0v) is 20.5. The van der Waals surface area contributed by atoms with Gasteiger partial charge in [-0.25, -0.2) is 0 Å². The fourth-order valence-corrected chi connectivity index (χ4v) is 4.84. The third-order valence-corrected chi connectivity index (χ3v) is 7.30. The van der Waals surface area contributed by atoms with E-state index in [-0.39, 0.29) is 42.7 Å². The fraction of sp³-hybridized carbons (Fsp3) is 0.769. The molecule has 0 amide bonds. The van der Waals surface area contributed by atoms with E-state index < -0.39 is 23.6 Å². The number of aliphatic hydroxyl groups excluding tert-OH is 2. The zero-order chi connectivity index (χ0) is 24.1. The summed E-state index contributed by atoms with van der Waals surface area (Å²) >= 11 is 0. The molecular formula is C26H42O6. The SMILES string of the molecule is CCC(C)(C)C(=O)O[C@@H]1C[C@H](C)C=C2C=C[C@@H](C)[C@@H](CC[C@H](O)C[C@H](O)CC(=O)OC)[C@@H]21. The Labute approximate surface area is 193 Å². The van der Waals surface area contributed by atoms with Crippen molar-refractivity contribution < 1.29 is 29.3 Å². The predicted octanol–water partition coefficient (Wildman–Crippen LogP) is 4.19. The van der Waals surface area contributed by atoms with Crippen molar-refractivity contribution >= 4 is 11.9 Å². The molecule has 0 aromatic rings. The van der Waals surface area contributed by atoms with Gasteiger partial charge < -0.3 is 19.7 Å². The van der Waals surface area contributed by atoms with Crippen LogP contribution in [0.15, 0.2) is 23.8 Å². The normalized spacial score (nSPS) is 29.5. The van der Waals surface area contributed by atoms with Crippen LogP contribution in [0.25, 0.3) is 0 Å². The number of hydrogen-bond donors (Lipinski definition) is 2. The number of carbonyl (C=O) groups is 2. The van der Waals surface area contributed by atoms with Gasteiger partial charge in [-0.15, -0.1) is 0 Å². The highest BCUT2D eigenvalue weighted by molar-refractivity contribution is 5.76. The van der Waals surface area contributed by atoms with E-state index in [1.54, 1.807) is 0 Å². The molecule has 0 saturated carbocycles. The van der Waals surface area contributed by atoms with E-state index in [4.69, 9.17) is 4.74 Å². The molecule has 2 aliphatic rings. The first-order valence-corrected chi connectivity index (χ1v) is 12.0. The van der Waals surface area contributed by atoms with Crippen molar-refractivity contribution in [3.63, 3.8) is 0 Å². The quantitative estimate of drug-likeness (QED) is 0.485. The van der Waals surface area contributed by atoms with Gasteiger partial charge >= 0.3 is 11.9 Å². The Morgan fingerprint density at radius 2 is 1.91 bits per heavy atom. The van der Waals surface area contributed by atoms with Gasteiger partial charge in [0.2, 0.25) is 0 Å². The molecule has 0 fully saturated rings. The van der Waals surface area contributed by atoms with Gasteiger partial charge in [0.25, 0.3) is 0 Å². The van der Waals surface area contributed by atoms with Crippen LogP contribution >= 0.6 is 0 Å². The number of fused-ring (bicyclic) bond motifs is 1. The molecule has 182 valence electrons. The number of methoxy groups -OCH3 is 1. The Balaban J connectivity index is 2.10. The van der Waals surface area contributed by atoms with Crippen LogP contribution in [0.3, 0.4) is 0 Å². The van der Waals surface area contributed by atoms with Gasteiger partial charge in [-0.3, -0.25) is 9.59 Å². The summed E-state index contributed by atoms with van der Waals surface area (Å²) in [4.78, 5) is 24.2. The number of rotatable bonds is 10. The molecule has 6 heteroatoms. The molecule has 2 aliphatic carbocycles. The molecule has 0 radical (unpaired) electrons. The summed E-state index contributed by atoms with van der Waals surface area (Å²) < 4.78 is 10.7. The average Bonchev–Trinajstić information content (AvgIpc) is 2.72. The minimum Gasteiger partial charge on any atom is -0.469 e. The van der Waals surface area contributed by atoms with Gasteiger partial charge in [0.15, 0.2) is 0 Å². The van der Waals surface area contributed by atoms with E-state index in [1.807, 2.05) is 20.8 Å². The second kappa shape index (κ2) is 11.5. The van der Waals surface area contributed by atoms with Crippen molar-refractivity contribution in [1.82, 2.24) is 0 Å². The minimum absolute atomic E-state index is 0.106. The Kier molecular flexibility index (Phi) is 9.53. The first-order valence-electron chi connectivity index (χ1n) is 12.0. The molecule has 2 N–H and O–H groups in total. The highest BCUT2D eigenvalue weighted by Gasteiger charge is 2.42. The number of esters is 2. The lowest BCUT2D eigenvalue weighted by molar-refractivity contribution is -0.164. The lowest BCUT2D eigenvalue weighted by atomic mass is 9.65. The van der Waals surface area contributed by atoms with Gasteiger partial charge in [-0.1, -0.05) is 39.0 Å². The molecule has 0 unspecified atom stereocenters. The van der Waals surface area contributed by atoms with Crippen molar-refractivity contribution in [2.24, 2.45) is 29.1 Å².